The molecule has 0 aliphatic heterocycles. The summed E-state index contributed by atoms with van der Waals surface area (Å²) in [5, 5.41) is 13.6. The lowest BCUT2D eigenvalue weighted by Gasteiger charge is -2.13. The van der Waals surface area contributed by atoms with E-state index in [1.165, 1.54) is 0 Å². The number of hydrogen-bond donors (Lipinski definition) is 0. The second-order valence-electron chi connectivity index (χ2n) is 8.45. The first kappa shape index (κ1) is 23.2. The fourth-order valence-corrected chi connectivity index (χ4v) is 4.19. The van der Waals surface area contributed by atoms with E-state index >= 15 is 0 Å². The Bertz CT molecular complexity index is 1390. The topological polar surface area (TPSA) is 71.8 Å². The minimum atomic E-state index is -0.594. The van der Waals surface area contributed by atoms with Gasteiger partial charge in [-0.25, -0.2) is 13.9 Å². The van der Waals surface area contributed by atoms with Gasteiger partial charge in [0.2, 0.25) is 0 Å². The van der Waals surface area contributed by atoms with Crippen molar-refractivity contribution in [2.24, 2.45) is 0 Å². The molecule has 0 amide bonds. The molecule has 8 heteroatoms. The number of hydrogen-bond acceptors (Lipinski definition) is 4. The van der Waals surface area contributed by atoms with Crippen molar-refractivity contribution < 1.29 is 4.39 Å². The van der Waals surface area contributed by atoms with Crippen molar-refractivity contribution in [1.82, 2.24) is 23.8 Å². The predicted molar refractivity (Wildman–Crippen MR) is 130 cm³/mol. The van der Waals surface area contributed by atoms with Gasteiger partial charge in [-0.15, -0.1) is 0 Å². The lowest BCUT2D eigenvalue weighted by molar-refractivity contribution is 0.385. The summed E-state index contributed by atoms with van der Waals surface area (Å²) in [6.45, 7) is 2.67. The highest BCUT2D eigenvalue weighted by Crippen LogP contribution is 2.27. The van der Waals surface area contributed by atoms with E-state index in [1.807, 2.05) is 45.3 Å². The minimum Gasteiger partial charge on any atom is -0.309 e. The smallest absolute Gasteiger partial charge is 0.309 e. The molecule has 0 radical (unpaired) electrons. The molecule has 0 bridgehead atoms. The van der Waals surface area contributed by atoms with E-state index in [1.54, 1.807) is 50.3 Å². The van der Waals surface area contributed by atoms with Crippen LogP contribution in [0.2, 0.25) is 0 Å². The maximum absolute atomic E-state index is 13.7. The van der Waals surface area contributed by atoms with Crippen LogP contribution in [0.1, 0.15) is 23.2 Å². The third-order valence-corrected chi connectivity index (χ3v) is 5.81. The average molecular weight is 459 g/mol. The van der Waals surface area contributed by atoms with E-state index < -0.39 is 6.67 Å². The molecule has 4 rings (SSSR count). The second kappa shape index (κ2) is 9.89. The van der Waals surface area contributed by atoms with E-state index in [9.17, 15) is 9.18 Å². The van der Waals surface area contributed by atoms with Gasteiger partial charge in [-0.05, 0) is 82.0 Å². The molecule has 0 unspecified atom stereocenters. The number of aromatic nitrogens is 4. The van der Waals surface area contributed by atoms with Gasteiger partial charge in [-0.3, -0.25) is 9.13 Å². The molecule has 34 heavy (non-hydrogen) atoms. The maximum Gasteiger partial charge on any atom is 0.333 e. The monoisotopic (exact) mass is 458 g/mol. The molecule has 0 aliphatic rings. The number of nitriles is 1. The van der Waals surface area contributed by atoms with Crippen molar-refractivity contribution in [3.05, 3.63) is 88.1 Å². The summed E-state index contributed by atoms with van der Waals surface area (Å²) in [7, 11) is 4.01. The Morgan fingerprint density at radius 1 is 1.09 bits per heavy atom. The summed E-state index contributed by atoms with van der Waals surface area (Å²) in [6, 6.07) is 18.2. The van der Waals surface area contributed by atoms with E-state index in [0.717, 1.165) is 35.7 Å². The number of rotatable bonds is 8. The van der Waals surface area contributed by atoms with Gasteiger partial charge >= 0.3 is 5.69 Å². The van der Waals surface area contributed by atoms with Crippen molar-refractivity contribution in [1.29, 1.82) is 5.26 Å². The van der Waals surface area contributed by atoms with Crippen molar-refractivity contribution in [2.45, 2.75) is 26.6 Å². The first-order valence-corrected chi connectivity index (χ1v) is 11.1. The standard InChI is InChI=1S/C26H27FN6O/c1-19-25(24-12-13-29-33(24)22-10-8-20(18-28)9-11-22)31(15-5-14-30(2)3)26(34)32(19)23-7-4-6-21(16-23)17-27/h4,6-13,16H,5,14-15,17H2,1-3H3. The normalized spacial score (nSPS) is 11.2. The fourth-order valence-electron chi connectivity index (χ4n) is 4.19. The van der Waals surface area contributed by atoms with Gasteiger partial charge < -0.3 is 4.90 Å². The first-order chi connectivity index (χ1) is 16.4. The Morgan fingerprint density at radius 2 is 1.85 bits per heavy atom. The molecular weight excluding hydrogens is 431 g/mol. The SMILES string of the molecule is Cc1c(-c2ccnn2-c2ccc(C#N)cc2)n(CCCN(C)C)c(=O)n1-c1cccc(CF)c1. The van der Waals surface area contributed by atoms with Crippen molar-refractivity contribution >= 4 is 0 Å². The lowest BCUT2D eigenvalue weighted by atomic mass is 10.2. The van der Waals surface area contributed by atoms with Gasteiger partial charge in [0.05, 0.1) is 46.3 Å². The van der Waals surface area contributed by atoms with Crippen LogP contribution in [0.15, 0.2) is 65.6 Å². The molecule has 0 fully saturated rings. The van der Waals surface area contributed by atoms with Crippen LogP contribution < -0.4 is 5.69 Å². The van der Waals surface area contributed by atoms with Crippen LogP contribution >= 0.6 is 0 Å². The molecule has 174 valence electrons. The lowest BCUT2D eigenvalue weighted by Crippen LogP contribution is -2.26. The zero-order valence-electron chi connectivity index (χ0n) is 19.6. The third kappa shape index (κ3) is 4.43. The molecule has 0 atom stereocenters. The van der Waals surface area contributed by atoms with Gasteiger partial charge in [0, 0.05) is 6.54 Å². The fraction of sp³-hybridized carbons (Fsp3) is 0.269. The Labute approximate surface area is 197 Å². The minimum absolute atomic E-state index is 0.171. The van der Waals surface area contributed by atoms with E-state index in [2.05, 4.69) is 16.1 Å². The quantitative estimate of drug-likeness (QED) is 0.399. The molecule has 0 spiro atoms. The van der Waals surface area contributed by atoms with Gasteiger partial charge in [0.15, 0.2) is 0 Å². The second-order valence-corrected chi connectivity index (χ2v) is 8.45. The van der Waals surface area contributed by atoms with E-state index in [0.29, 0.717) is 23.4 Å². The Balaban J connectivity index is 1.89. The highest BCUT2D eigenvalue weighted by molar-refractivity contribution is 5.63. The zero-order chi connectivity index (χ0) is 24.2. The summed E-state index contributed by atoms with van der Waals surface area (Å²) < 4.78 is 18.5. The molecule has 2 heterocycles. The van der Waals surface area contributed by atoms with Crippen molar-refractivity contribution in [2.75, 3.05) is 20.6 Å². The van der Waals surface area contributed by atoms with Gasteiger partial charge in [-0.1, -0.05) is 12.1 Å². The highest BCUT2D eigenvalue weighted by Gasteiger charge is 2.22. The number of halogens is 1. The Hall–Kier alpha value is -3.96. The number of imidazole rings is 1. The number of benzene rings is 2. The molecule has 0 aliphatic carbocycles. The molecule has 4 aromatic rings. The Kier molecular flexibility index (Phi) is 6.75. The van der Waals surface area contributed by atoms with Gasteiger partial charge in [-0.2, -0.15) is 10.4 Å². The van der Waals surface area contributed by atoms with Crippen molar-refractivity contribution in [3.63, 3.8) is 0 Å². The first-order valence-electron chi connectivity index (χ1n) is 11.1. The van der Waals surface area contributed by atoms with Crippen LogP contribution in [-0.2, 0) is 13.2 Å². The van der Waals surface area contributed by atoms with Crippen LogP contribution in [0.3, 0.4) is 0 Å². The van der Waals surface area contributed by atoms with Crippen LogP contribution in [0, 0.1) is 18.3 Å². The average Bonchev–Trinajstić information content (AvgIpc) is 3.41. The van der Waals surface area contributed by atoms with Crippen LogP contribution in [0.25, 0.3) is 22.8 Å². The predicted octanol–water partition coefficient (Wildman–Crippen LogP) is 4.09. The number of nitrogens with zero attached hydrogens (tertiary/aromatic N) is 6. The van der Waals surface area contributed by atoms with Crippen LogP contribution in [0.4, 0.5) is 4.39 Å². The third-order valence-electron chi connectivity index (χ3n) is 5.81. The summed E-state index contributed by atoms with van der Waals surface area (Å²) >= 11 is 0. The largest absolute Gasteiger partial charge is 0.333 e. The summed E-state index contributed by atoms with van der Waals surface area (Å²) in [6.07, 6.45) is 2.49. The summed E-state index contributed by atoms with van der Waals surface area (Å²) in [4.78, 5) is 15.7. The molecule has 0 N–H and O–H groups in total. The van der Waals surface area contributed by atoms with Gasteiger partial charge in [0.25, 0.3) is 0 Å². The summed E-state index contributed by atoms with van der Waals surface area (Å²) in [5.41, 5.74) is 4.62. The maximum atomic E-state index is 13.7. The molecule has 2 aromatic heterocycles. The highest BCUT2D eigenvalue weighted by atomic mass is 19.1. The molecule has 7 nitrogen and oxygen atoms in total. The van der Waals surface area contributed by atoms with E-state index in [4.69, 9.17) is 5.26 Å². The molecule has 0 saturated carbocycles. The molecule has 0 saturated heterocycles. The Morgan fingerprint density at radius 3 is 2.53 bits per heavy atom. The number of alkyl halides is 1. The summed E-state index contributed by atoms with van der Waals surface area (Å²) in [5.74, 6) is 0. The molecular formula is C26H27FN6O. The van der Waals surface area contributed by atoms with E-state index in [-0.39, 0.29) is 5.69 Å². The zero-order valence-corrected chi connectivity index (χ0v) is 19.6. The molecule has 2 aromatic carbocycles. The van der Waals surface area contributed by atoms with Gasteiger partial charge in [0.1, 0.15) is 6.67 Å². The van der Waals surface area contributed by atoms with Crippen LogP contribution in [0.5, 0.6) is 0 Å². The van der Waals surface area contributed by atoms with Crippen LogP contribution in [-0.4, -0.2) is 44.5 Å². The van der Waals surface area contributed by atoms with Crippen molar-refractivity contribution in [3.8, 4) is 28.8 Å².